The van der Waals surface area contributed by atoms with Crippen LogP contribution < -0.4 is 10.1 Å². The Labute approximate surface area is 229 Å². The number of fused-ring (bicyclic) bond motifs is 1. The van der Waals surface area contributed by atoms with Gasteiger partial charge in [-0.1, -0.05) is 54.6 Å². The van der Waals surface area contributed by atoms with Crippen LogP contribution in [0.2, 0.25) is 0 Å². The summed E-state index contributed by atoms with van der Waals surface area (Å²) in [6.45, 7) is 0.0970. The smallest absolute Gasteiger partial charge is 0.294 e. The van der Waals surface area contributed by atoms with Gasteiger partial charge in [0.15, 0.2) is 0 Å². The molecule has 38 heavy (non-hydrogen) atoms. The van der Waals surface area contributed by atoms with Crippen LogP contribution in [0.1, 0.15) is 11.1 Å². The number of ether oxygens (including phenoxy) is 1. The highest BCUT2D eigenvalue weighted by molar-refractivity contribution is 8.18. The second-order valence-corrected chi connectivity index (χ2v) is 10.5. The fourth-order valence-corrected chi connectivity index (χ4v) is 5.29. The second-order valence-electron chi connectivity index (χ2n) is 8.59. The molecule has 1 aliphatic rings. The molecule has 1 heterocycles. The van der Waals surface area contributed by atoms with Gasteiger partial charge in [0, 0.05) is 10.6 Å². The molecule has 4 aromatic rings. The summed E-state index contributed by atoms with van der Waals surface area (Å²) in [7, 11) is 0. The Balaban J connectivity index is 1.18. The number of thioether (sulfide) groups is 2. The average molecular weight is 541 g/mol. The first kappa shape index (κ1) is 25.6. The molecule has 8 heteroatoms. The molecule has 0 atom stereocenters. The molecule has 1 fully saturated rings. The highest BCUT2D eigenvalue weighted by Crippen LogP contribution is 2.32. The topological polar surface area (TPSA) is 75.7 Å². The molecule has 5 rings (SSSR count). The van der Waals surface area contributed by atoms with Crippen LogP contribution in [-0.4, -0.2) is 34.8 Å². The first-order chi connectivity index (χ1) is 18.5. The molecule has 0 saturated carbocycles. The first-order valence-electron chi connectivity index (χ1n) is 11.9. The van der Waals surface area contributed by atoms with Crippen molar-refractivity contribution >= 4 is 63.1 Å². The van der Waals surface area contributed by atoms with Crippen LogP contribution in [0.15, 0.2) is 101 Å². The number of anilines is 1. The van der Waals surface area contributed by atoms with Crippen LogP contribution in [0.25, 0.3) is 16.8 Å². The number of carbonyl (C=O) groups is 3. The standard InChI is InChI=1S/C30H24N2O4S2/c1-37-26-8-4-7-24(17-26)31-28(33)18-32-29(34)27(38-30(32)35)16-20-10-13-25(14-11-20)36-19-21-9-12-22-5-2-3-6-23(22)15-21/h2-17H,18-19H2,1H3,(H,31,33)/b27-16-. The zero-order valence-corrected chi connectivity index (χ0v) is 22.2. The third kappa shape index (κ3) is 6.10. The van der Waals surface area contributed by atoms with Gasteiger partial charge in [0.05, 0.1) is 4.91 Å². The highest BCUT2D eigenvalue weighted by atomic mass is 32.2. The lowest BCUT2D eigenvalue weighted by molar-refractivity contribution is -0.127. The molecule has 0 aromatic heterocycles. The van der Waals surface area contributed by atoms with E-state index in [1.165, 1.54) is 10.8 Å². The van der Waals surface area contributed by atoms with Gasteiger partial charge < -0.3 is 10.1 Å². The van der Waals surface area contributed by atoms with Crippen molar-refractivity contribution in [2.45, 2.75) is 11.5 Å². The summed E-state index contributed by atoms with van der Waals surface area (Å²) >= 11 is 2.39. The van der Waals surface area contributed by atoms with E-state index in [2.05, 4.69) is 35.6 Å². The van der Waals surface area contributed by atoms with E-state index < -0.39 is 17.1 Å². The van der Waals surface area contributed by atoms with E-state index in [9.17, 15) is 14.4 Å². The van der Waals surface area contributed by atoms with Crippen LogP contribution in [0, 0.1) is 0 Å². The van der Waals surface area contributed by atoms with Gasteiger partial charge in [-0.2, -0.15) is 0 Å². The normalized spacial score (nSPS) is 14.3. The molecule has 1 aliphatic heterocycles. The van der Waals surface area contributed by atoms with Crippen LogP contribution >= 0.6 is 23.5 Å². The van der Waals surface area contributed by atoms with Gasteiger partial charge in [0.1, 0.15) is 18.9 Å². The van der Waals surface area contributed by atoms with Crippen LogP contribution in [0.4, 0.5) is 10.5 Å². The molecule has 0 spiro atoms. The van der Waals surface area contributed by atoms with Crippen LogP contribution in [0.3, 0.4) is 0 Å². The molecule has 0 unspecified atom stereocenters. The van der Waals surface area contributed by atoms with Gasteiger partial charge in [0.2, 0.25) is 5.91 Å². The number of hydrogen-bond acceptors (Lipinski definition) is 6. The minimum atomic E-state index is -0.482. The maximum absolute atomic E-state index is 12.8. The summed E-state index contributed by atoms with van der Waals surface area (Å²) in [5.41, 5.74) is 2.45. The third-order valence-corrected chi connectivity index (χ3v) is 7.56. The van der Waals surface area contributed by atoms with Crippen molar-refractivity contribution in [2.24, 2.45) is 0 Å². The number of nitrogens with one attached hydrogen (secondary N) is 1. The molecule has 190 valence electrons. The Bertz CT molecular complexity index is 1550. The summed E-state index contributed by atoms with van der Waals surface area (Å²) in [4.78, 5) is 40.0. The molecule has 4 aromatic carbocycles. The predicted octanol–water partition coefficient (Wildman–Crippen LogP) is 6.82. The molecule has 1 N–H and O–H groups in total. The largest absolute Gasteiger partial charge is 0.489 e. The minimum absolute atomic E-state index is 0.275. The van der Waals surface area contributed by atoms with E-state index in [0.717, 1.165) is 32.7 Å². The Hall–Kier alpha value is -4.01. The molecule has 0 radical (unpaired) electrons. The van der Waals surface area contributed by atoms with Gasteiger partial charge in [-0.05, 0) is 82.4 Å². The van der Waals surface area contributed by atoms with Gasteiger partial charge >= 0.3 is 0 Å². The fourth-order valence-electron chi connectivity index (χ4n) is 3.99. The molecular formula is C30H24N2O4S2. The van der Waals surface area contributed by atoms with Gasteiger partial charge in [0.25, 0.3) is 11.1 Å². The summed E-state index contributed by atoms with van der Waals surface area (Å²) in [5.74, 6) is -0.213. The quantitative estimate of drug-likeness (QED) is 0.195. The van der Waals surface area contributed by atoms with E-state index >= 15 is 0 Å². The number of carbonyl (C=O) groups excluding carboxylic acids is 3. The molecule has 3 amide bonds. The van der Waals surface area contributed by atoms with Crippen molar-refractivity contribution in [1.29, 1.82) is 0 Å². The molecule has 1 saturated heterocycles. The van der Waals surface area contributed by atoms with Crippen molar-refractivity contribution in [2.75, 3.05) is 18.1 Å². The summed E-state index contributed by atoms with van der Waals surface area (Å²) < 4.78 is 5.93. The highest BCUT2D eigenvalue weighted by Gasteiger charge is 2.36. The number of amides is 3. The van der Waals surface area contributed by atoms with Gasteiger partial charge in [-0.3, -0.25) is 19.3 Å². The predicted molar refractivity (Wildman–Crippen MR) is 154 cm³/mol. The number of hydrogen-bond donors (Lipinski definition) is 1. The average Bonchev–Trinajstić information content (AvgIpc) is 3.19. The number of nitrogens with zero attached hydrogens (tertiary/aromatic N) is 1. The number of benzene rings is 4. The Morgan fingerprint density at radius 3 is 2.53 bits per heavy atom. The van der Waals surface area contributed by atoms with Crippen molar-refractivity contribution in [3.8, 4) is 5.75 Å². The monoisotopic (exact) mass is 540 g/mol. The third-order valence-electron chi connectivity index (χ3n) is 5.93. The lowest BCUT2D eigenvalue weighted by Crippen LogP contribution is -2.36. The Kier molecular flexibility index (Phi) is 7.81. The maximum Gasteiger partial charge on any atom is 0.294 e. The van der Waals surface area contributed by atoms with Crippen molar-refractivity contribution in [3.05, 3.63) is 107 Å². The van der Waals surface area contributed by atoms with Crippen molar-refractivity contribution in [1.82, 2.24) is 4.90 Å². The summed E-state index contributed by atoms with van der Waals surface area (Å²) in [5, 5.41) is 4.63. The van der Waals surface area contributed by atoms with E-state index in [1.54, 1.807) is 23.9 Å². The van der Waals surface area contributed by atoms with Crippen LogP contribution in [-0.2, 0) is 16.2 Å². The minimum Gasteiger partial charge on any atom is -0.489 e. The second kappa shape index (κ2) is 11.6. The summed E-state index contributed by atoms with van der Waals surface area (Å²) in [6, 6.07) is 29.1. The zero-order chi connectivity index (χ0) is 26.5. The lowest BCUT2D eigenvalue weighted by Gasteiger charge is -2.12. The zero-order valence-electron chi connectivity index (χ0n) is 20.5. The van der Waals surface area contributed by atoms with Crippen molar-refractivity contribution in [3.63, 3.8) is 0 Å². The lowest BCUT2D eigenvalue weighted by atomic mass is 10.1. The molecule has 0 aliphatic carbocycles. The van der Waals surface area contributed by atoms with Crippen LogP contribution in [0.5, 0.6) is 5.75 Å². The van der Waals surface area contributed by atoms with Crippen molar-refractivity contribution < 1.29 is 19.1 Å². The number of rotatable bonds is 8. The van der Waals surface area contributed by atoms with Gasteiger partial charge in [-0.25, -0.2) is 0 Å². The summed E-state index contributed by atoms with van der Waals surface area (Å²) in [6.07, 6.45) is 3.60. The SMILES string of the molecule is CSc1cccc(NC(=O)CN2C(=O)S/C(=C\c3ccc(OCc4ccc5ccccc5c4)cc3)C2=O)c1. The van der Waals surface area contributed by atoms with E-state index in [-0.39, 0.29) is 11.4 Å². The van der Waals surface area contributed by atoms with Gasteiger partial charge in [-0.15, -0.1) is 11.8 Å². The molecule has 0 bridgehead atoms. The Morgan fingerprint density at radius 2 is 1.74 bits per heavy atom. The van der Waals surface area contributed by atoms with E-state index in [4.69, 9.17) is 4.74 Å². The molecular weight excluding hydrogens is 516 g/mol. The molecule has 6 nitrogen and oxygen atoms in total. The first-order valence-corrected chi connectivity index (χ1v) is 13.9. The Morgan fingerprint density at radius 1 is 0.947 bits per heavy atom. The fraction of sp³-hybridized carbons (Fsp3) is 0.100. The maximum atomic E-state index is 12.8. The van der Waals surface area contributed by atoms with E-state index in [0.29, 0.717) is 18.0 Å². The van der Waals surface area contributed by atoms with E-state index in [1.807, 2.05) is 60.9 Å². The number of imide groups is 1.